The lowest BCUT2D eigenvalue weighted by Crippen LogP contribution is -2.33. The number of rotatable bonds is 5. The summed E-state index contributed by atoms with van der Waals surface area (Å²) in [6.45, 7) is 3.99. The summed E-state index contributed by atoms with van der Waals surface area (Å²) in [5, 5.41) is 3.95. The molecule has 96 valence electrons. The van der Waals surface area contributed by atoms with Gasteiger partial charge in [-0.3, -0.25) is 4.98 Å². The Bertz CT molecular complexity index is 493. The van der Waals surface area contributed by atoms with Crippen LogP contribution in [-0.4, -0.2) is 15.1 Å². The molecule has 1 atom stereocenters. The van der Waals surface area contributed by atoms with Crippen LogP contribution in [-0.2, 0) is 12.0 Å². The first-order chi connectivity index (χ1) is 8.62. The maximum Gasteiger partial charge on any atom is 0.246 e. The van der Waals surface area contributed by atoms with Gasteiger partial charge in [-0.15, -0.1) is 0 Å². The maximum absolute atomic E-state index is 6.14. The minimum atomic E-state index is -0.551. The molecule has 2 N–H and O–H groups in total. The van der Waals surface area contributed by atoms with Crippen molar-refractivity contribution in [2.24, 2.45) is 5.73 Å². The lowest BCUT2D eigenvalue weighted by atomic mass is 9.98. The molecule has 0 aliphatic heterocycles. The van der Waals surface area contributed by atoms with E-state index in [1.807, 2.05) is 25.1 Å². The second kappa shape index (κ2) is 5.27. The number of nitrogens with zero attached hydrogens (tertiary/aromatic N) is 3. The Hall–Kier alpha value is -1.75. The smallest absolute Gasteiger partial charge is 0.246 e. The molecule has 1 unspecified atom stereocenters. The molecule has 0 radical (unpaired) electrons. The van der Waals surface area contributed by atoms with Crippen molar-refractivity contribution in [3.8, 4) is 0 Å². The summed E-state index contributed by atoms with van der Waals surface area (Å²) >= 11 is 0. The summed E-state index contributed by atoms with van der Waals surface area (Å²) in [6.07, 6.45) is 4.11. The topological polar surface area (TPSA) is 77.8 Å². The van der Waals surface area contributed by atoms with Gasteiger partial charge in [-0.05, 0) is 25.5 Å². The van der Waals surface area contributed by atoms with Crippen LogP contribution in [0.3, 0.4) is 0 Å². The lowest BCUT2D eigenvalue weighted by molar-refractivity contribution is 0.282. The molecule has 2 rings (SSSR count). The summed E-state index contributed by atoms with van der Waals surface area (Å²) < 4.78 is 5.24. The van der Waals surface area contributed by atoms with Crippen molar-refractivity contribution >= 4 is 0 Å². The van der Waals surface area contributed by atoms with Crippen LogP contribution in [0.25, 0.3) is 0 Å². The fourth-order valence-electron chi connectivity index (χ4n) is 1.85. The fraction of sp³-hybridized carbons (Fsp3) is 0.462. The van der Waals surface area contributed by atoms with E-state index in [2.05, 4.69) is 22.0 Å². The Kier molecular flexibility index (Phi) is 3.72. The number of aromatic nitrogens is 3. The highest BCUT2D eigenvalue weighted by molar-refractivity contribution is 5.10. The first-order valence-corrected chi connectivity index (χ1v) is 6.13. The number of hydrogen-bond donors (Lipinski definition) is 1. The summed E-state index contributed by atoms with van der Waals surface area (Å²) in [5.74, 6) is 1.12. The average molecular weight is 246 g/mol. The summed E-state index contributed by atoms with van der Waals surface area (Å²) in [5.41, 5.74) is 6.51. The molecule has 0 saturated carbocycles. The second-order valence-electron chi connectivity index (χ2n) is 4.68. The number of hydrogen-bond acceptors (Lipinski definition) is 5. The van der Waals surface area contributed by atoms with Crippen molar-refractivity contribution in [2.45, 2.75) is 38.6 Å². The van der Waals surface area contributed by atoms with E-state index >= 15 is 0 Å². The molecule has 0 saturated heterocycles. The van der Waals surface area contributed by atoms with Crippen LogP contribution in [0.2, 0.25) is 0 Å². The van der Waals surface area contributed by atoms with Gasteiger partial charge in [-0.2, -0.15) is 4.98 Å². The van der Waals surface area contributed by atoms with Crippen LogP contribution in [0.1, 0.15) is 44.1 Å². The van der Waals surface area contributed by atoms with Crippen LogP contribution >= 0.6 is 0 Å². The number of pyridine rings is 1. The molecular weight excluding hydrogens is 228 g/mol. The third-order valence-electron chi connectivity index (χ3n) is 2.79. The zero-order chi connectivity index (χ0) is 13.0. The Labute approximate surface area is 106 Å². The Morgan fingerprint density at radius 3 is 2.89 bits per heavy atom. The van der Waals surface area contributed by atoms with E-state index in [4.69, 9.17) is 10.3 Å². The van der Waals surface area contributed by atoms with Gasteiger partial charge in [0, 0.05) is 11.9 Å². The van der Waals surface area contributed by atoms with Crippen LogP contribution in [0.15, 0.2) is 28.9 Å². The van der Waals surface area contributed by atoms with E-state index in [9.17, 15) is 0 Å². The largest absolute Gasteiger partial charge is 0.337 e. The van der Waals surface area contributed by atoms with Crippen LogP contribution < -0.4 is 5.73 Å². The van der Waals surface area contributed by atoms with E-state index in [0.29, 0.717) is 18.1 Å². The van der Waals surface area contributed by atoms with Crippen molar-refractivity contribution in [3.05, 3.63) is 41.8 Å². The predicted molar refractivity (Wildman–Crippen MR) is 67.8 cm³/mol. The first-order valence-electron chi connectivity index (χ1n) is 6.13. The molecule has 0 aliphatic rings. The molecule has 2 aromatic heterocycles. The molecule has 0 spiro atoms. The minimum absolute atomic E-state index is 0.496. The van der Waals surface area contributed by atoms with Crippen molar-refractivity contribution in [2.75, 3.05) is 0 Å². The van der Waals surface area contributed by atoms with E-state index in [1.54, 1.807) is 6.20 Å². The van der Waals surface area contributed by atoms with Crippen molar-refractivity contribution in [1.82, 2.24) is 15.1 Å². The molecular formula is C13H18N4O. The minimum Gasteiger partial charge on any atom is -0.337 e. The summed E-state index contributed by atoms with van der Waals surface area (Å²) in [6, 6.07) is 5.75. The van der Waals surface area contributed by atoms with Gasteiger partial charge in [-0.1, -0.05) is 24.6 Å². The zero-order valence-corrected chi connectivity index (χ0v) is 10.8. The van der Waals surface area contributed by atoms with Gasteiger partial charge in [0.1, 0.15) is 0 Å². The SMILES string of the molecule is CCCC(C)(N)c1nc(Cc2ccccn2)no1. The highest BCUT2D eigenvalue weighted by Crippen LogP contribution is 2.21. The van der Waals surface area contributed by atoms with E-state index in [0.717, 1.165) is 18.5 Å². The van der Waals surface area contributed by atoms with Gasteiger partial charge in [0.25, 0.3) is 0 Å². The van der Waals surface area contributed by atoms with Gasteiger partial charge in [0.05, 0.1) is 12.0 Å². The first kappa shape index (κ1) is 12.7. The van der Waals surface area contributed by atoms with Gasteiger partial charge < -0.3 is 10.3 Å². The Balaban J connectivity index is 2.11. The molecule has 0 amide bonds. The molecule has 2 aromatic rings. The fourth-order valence-corrected chi connectivity index (χ4v) is 1.85. The molecule has 18 heavy (non-hydrogen) atoms. The molecule has 0 aliphatic carbocycles. The van der Waals surface area contributed by atoms with E-state index in [-0.39, 0.29) is 0 Å². The van der Waals surface area contributed by atoms with Crippen LogP contribution in [0.4, 0.5) is 0 Å². The molecule has 0 bridgehead atoms. The highest BCUT2D eigenvalue weighted by atomic mass is 16.5. The Morgan fingerprint density at radius 1 is 1.39 bits per heavy atom. The van der Waals surface area contributed by atoms with Gasteiger partial charge in [0.2, 0.25) is 5.89 Å². The third-order valence-corrected chi connectivity index (χ3v) is 2.79. The molecule has 2 heterocycles. The zero-order valence-electron chi connectivity index (χ0n) is 10.8. The molecule has 5 nitrogen and oxygen atoms in total. The normalized spacial score (nSPS) is 14.4. The molecule has 5 heteroatoms. The molecule has 0 fully saturated rings. The summed E-state index contributed by atoms with van der Waals surface area (Å²) in [7, 11) is 0. The average Bonchev–Trinajstić information content (AvgIpc) is 2.79. The highest BCUT2D eigenvalue weighted by Gasteiger charge is 2.27. The molecule has 0 aromatic carbocycles. The van der Waals surface area contributed by atoms with Crippen molar-refractivity contribution in [3.63, 3.8) is 0 Å². The van der Waals surface area contributed by atoms with Crippen molar-refractivity contribution < 1.29 is 4.52 Å². The van der Waals surface area contributed by atoms with E-state index in [1.165, 1.54) is 0 Å². The number of nitrogens with two attached hydrogens (primary N) is 1. The maximum atomic E-state index is 6.14. The summed E-state index contributed by atoms with van der Waals surface area (Å²) in [4.78, 5) is 8.58. The van der Waals surface area contributed by atoms with Crippen LogP contribution in [0, 0.1) is 0 Å². The van der Waals surface area contributed by atoms with E-state index < -0.39 is 5.54 Å². The second-order valence-corrected chi connectivity index (χ2v) is 4.68. The third kappa shape index (κ3) is 2.92. The quantitative estimate of drug-likeness (QED) is 0.873. The monoisotopic (exact) mass is 246 g/mol. The van der Waals surface area contributed by atoms with Gasteiger partial charge in [-0.25, -0.2) is 0 Å². The van der Waals surface area contributed by atoms with Gasteiger partial charge in [0.15, 0.2) is 5.82 Å². The standard InChI is InChI=1S/C13H18N4O/c1-3-7-13(2,14)12-16-11(17-18-12)9-10-6-4-5-8-15-10/h4-6,8H,3,7,9,14H2,1-2H3. The predicted octanol–water partition coefficient (Wildman–Crippen LogP) is 2.03. The lowest BCUT2D eigenvalue weighted by Gasteiger charge is -2.18. The van der Waals surface area contributed by atoms with Crippen LogP contribution in [0.5, 0.6) is 0 Å². The van der Waals surface area contributed by atoms with Gasteiger partial charge >= 0.3 is 0 Å². The Morgan fingerprint density at radius 2 is 2.22 bits per heavy atom. The van der Waals surface area contributed by atoms with Crippen molar-refractivity contribution in [1.29, 1.82) is 0 Å².